The number of benzene rings is 3. The Morgan fingerprint density at radius 3 is 2.30 bits per heavy atom. The average Bonchev–Trinajstić information content (AvgIpc) is 2.83. The monoisotopic (exact) mass is 438 g/mol. The Hall–Kier alpha value is -3.99. The molecular weight excluding hydrogens is 412 g/mol. The summed E-state index contributed by atoms with van der Waals surface area (Å²) in [6.45, 7) is 4.40. The Morgan fingerprint density at radius 2 is 1.64 bits per heavy atom. The fraction of sp³-hybridized carbons (Fsp3) is 0.179. The number of methoxy groups -OCH3 is 1. The van der Waals surface area contributed by atoms with Crippen LogP contribution in [0.25, 0.3) is 22.2 Å². The topological polar surface area (TPSA) is 68.3 Å². The van der Waals surface area contributed by atoms with Gasteiger partial charge in [0.2, 0.25) is 0 Å². The van der Waals surface area contributed by atoms with Gasteiger partial charge in [0.05, 0.1) is 29.4 Å². The van der Waals surface area contributed by atoms with Crippen LogP contribution in [0.4, 0.5) is 5.69 Å². The molecule has 0 bridgehead atoms. The minimum absolute atomic E-state index is 0.239. The van der Waals surface area contributed by atoms with Crippen molar-refractivity contribution in [1.29, 1.82) is 0 Å². The van der Waals surface area contributed by atoms with Crippen LogP contribution in [0.3, 0.4) is 0 Å². The van der Waals surface area contributed by atoms with E-state index in [4.69, 9.17) is 9.72 Å². The number of carbonyl (C=O) groups excluding carboxylic acids is 2. The van der Waals surface area contributed by atoms with Gasteiger partial charge in [-0.1, -0.05) is 56.3 Å². The first-order valence-electron chi connectivity index (χ1n) is 10.9. The van der Waals surface area contributed by atoms with Gasteiger partial charge in [-0.3, -0.25) is 4.79 Å². The van der Waals surface area contributed by atoms with Crippen LogP contribution in [0, 0.1) is 5.92 Å². The summed E-state index contributed by atoms with van der Waals surface area (Å²) in [6, 6.07) is 24.4. The molecule has 0 aliphatic carbocycles. The number of ether oxygens (including phenoxy) is 1. The normalized spacial score (nSPS) is 10.9. The van der Waals surface area contributed by atoms with E-state index >= 15 is 0 Å². The van der Waals surface area contributed by atoms with Crippen LogP contribution in [0.5, 0.6) is 0 Å². The van der Waals surface area contributed by atoms with E-state index in [1.807, 2.05) is 30.3 Å². The van der Waals surface area contributed by atoms with E-state index < -0.39 is 5.97 Å². The molecule has 0 saturated carbocycles. The van der Waals surface area contributed by atoms with Crippen molar-refractivity contribution in [1.82, 2.24) is 4.98 Å². The predicted molar refractivity (Wildman–Crippen MR) is 131 cm³/mol. The summed E-state index contributed by atoms with van der Waals surface area (Å²) in [5.41, 5.74) is 5.30. The third-order valence-electron chi connectivity index (χ3n) is 5.42. The van der Waals surface area contributed by atoms with Crippen molar-refractivity contribution in [3.05, 3.63) is 95.6 Å². The van der Waals surface area contributed by atoms with Gasteiger partial charge in [-0.05, 0) is 54.3 Å². The molecule has 5 nitrogen and oxygen atoms in total. The maximum absolute atomic E-state index is 13.2. The number of para-hydroxylation sites is 1. The lowest BCUT2D eigenvalue weighted by atomic mass is 9.99. The van der Waals surface area contributed by atoms with E-state index in [2.05, 4.69) is 43.4 Å². The average molecular weight is 439 g/mol. The van der Waals surface area contributed by atoms with Crippen LogP contribution in [0.2, 0.25) is 0 Å². The Morgan fingerprint density at radius 1 is 0.939 bits per heavy atom. The van der Waals surface area contributed by atoms with Crippen LogP contribution in [0.15, 0.2) is 78.9 Å². The molecule has 0 aliphatic heterocycles. The van der Waals surface area contributed by atoms with Crippen molar-refractivity contribution in [2.24, 2.45) is 5.92 Å². The van der Waals surface area contributed by atoms with Gasteiger partial charge < -0.3 is 10.1 Å². The molecule has 1 amide bonds. The zero-order chi connectivity index (χ0) is 23.4. The number of carbonyl (C=O) groups is 2. The SMILES string of the molecule is COC(=O)c1ccc(NC(=O)c2cc(-c3ccc(CC(C)C)cc3)nc3ccccc23)cc1. The largest absolute Gasteiger partial charge is 0.465 e. The highest BCUT2D eigenvalue weighted by atomic mass is 16.5. The minimum atomic E-state index is -0.419. The number of pyridine rings is 1. The number of fused-ring (bicyclic) bond motifs is 1. The van der Waals surface area contributed by atoms with Crippen molar-refractivity contribution in [3.63, 3.8) is 0 Å². The fourth-order valence-electron chi connectivity index (χ4n) is 3.80. The van der Waals surface area contributed by atoms with Crippen LogP contribution in [-0.2, 0) is 11.2 Å². The van der Waals surface area contributed by atoms with Gasteiger partial charge in [-0.2, -0.15) is 0 Å². The summed E-state index contributed by atoms with van der Waals surface area (Å²) >= 11 is 0. The number of nitrogens with zero attached hydrogens (tertiary/aromatic N) is 1. The van der Waals surface area contributed by atoms with Crippen molar-refractivity contribution in [2.75, 3.05) is 12.4 Å². The lowest BCUT2D eigenvalue weighted by molar-refractivity contribution is 0.0600. The van der Waals surface area contributed by atoms with Crippen LogP contribution < -0.4 is 5.32 Å². The second-order valence-electron chi connectivity index (χ2n) is 8.39. The third kappa shape index (κ3) is 5.09. The molecule has 5 heteroatoms. The smallest absolute Gasteiger partial charge is 0.337 e. The second kappa shape index (κ2) is 9.65. The third-order valence-corrected chi connectivity index (χ3v) is 5.42. The first-order valence-corrected chi connectivity index (χ1v) is 10.9. The summed E-state index contributed by atoms with van der Waals surface area (Å²) in [6.07, 6.45) is 1.02. The molecule has 33 heavy (non-hydrogen) atoms. The molecule has 0 atom stereocenters. The standard InChI is InChI=1S/C28H26N2O3/c1-18(2)16-19-8-10-20(11-9-19)26-17-24(23-6-4-5-7-25(23)30-26)27(31)29-22-14-12-21(13-15-22)28(32)33-3/h4-15,17-18H,16H2,1-3H3,(H,29,31). The predicted octanol–water partition coefficient (Wildman–Crippen LogP) is 6.14. The van der Waals surface area contributed by atoms with Gasteiger partial charge in [0.25, 0.3) is 5.91 Å². The highest BCUT2D eigenvalue weighted by Crippen LogP contribution is 2.26. The molecule has 166 valence electrons. The van der Waals surface area contributed by atoms with Crippen molar-refractivity contribution < 1.29 is 14.3 Å². The van der Waals surface area contributed by atoms with E-state index in [0.29, 0.717) is 22.7 Å². The maximum Gasteiger partial charge on any atom is 0.337 e. The number of amides is 1. The molecule has 0 fully saturated rings. The van der Waals surface area contributed by atoms with Crippen molar-refractivity contribution in [3.8, 4) is 11.3 Å². The number of esters is 1. The van der Waals surface area contributed by atoms with E-state index in [0.717, 1.165) is 28.6 Å². The highest BCUT2D eigenvalue weighted by Gasteiger charge is 2.15. The first-order chi connectivity index (χ1) is 15.9. The van der Waals surface area contributed by atoms with Crippen molar-refractivity contribution >= 4 is 28.5 Å². The molecule has 4 rings (SSSR count). The van der Waals surface area contributed by atoms with Crippen LogP contribution >= 0.6 is 0 Å². The molecule has 0 spiro atoms. The Bertz CT molecular complexity index is 1290. The van der Waals surface area contributed by atoms with Gasteiger partial charge in [0, 0.05) is 16.6 Å². The quantitative estimate of drug-likeness (QED) is 0.367. The lowest BCUT2D eigenvalue weighted by Gasteiger charge is -2.12. The molecule has 0 aliphatic rings. The molecule has 3 aromatic carbocycles. The maximum atomic E-state index is 13.2. The van der Waals surface area contributed by atoms with Gasteiger partial charge in [0.1, 0.15) is 0 Å². The minimum Gasteiger partial charge on any atom is -0.465 e. The first kappa shape index (κ1) is 22.2. The zero-order valence-electron chi connectivity index (χ0n) is 19.0. The molecule has 0 saturated heterocycles. The number of nitrogens with one attached hydrogen (secondary N) is 1. The van der Waals surface area contributed by atoms with Crippen molar-refractivity contribution in [2.45, 2.75) is 20.3 Å². The van der Waals surface area contributed by atoms with Gasteiger partial charge in [-0.25, -0.2) is 9.78 Å². The molecule has 4 aromatic rings. The second-order valence-corrected chi connectivity index (χ2v) is 8.39. The lowest BCUT2D eigenvalue weighted by Crippen LogP contribution is -2.13. The van der Waals surface area contributed by atoms with Crippen LogP contribution in [-0.4, -0.2) is 24.0 Å². The van der Waals surface area contributed by atoms with E-state index in [1.54, 1.807) is 24.3 Å². The fourth-order valence-corrected chi connectivity index (χ4v) is 3.80. The Kier molecular flexibility index (Phi) is 6.50. The Balaban J connectivity index is 1.66. The number of anilines is 1. The Labute approximate surface area is 193 Å². The number of hydrogen-bond acceptors (Lipinski definition) is 4. The summed E-state index contributed by atoms with van der Waals surface area (Å²) in [5, 5.41) is 3.70. The molecule has 1 N–H and O–H groups in total. The number of hydrogen-bond donors (Lipinski definition) is 1. The van der Waals surface area contributed by atoms with Gasteiger partial charge >= 0.3 is 5.97 Å². The molecule has 0 unspecified atom stereocenters. The highest BCUT2D eigenvalue weighted by molar-refractivity contribution is 6.13. The van der Waals surface area contributed by atoms with E-state index in [1.165, 1.54) is 12.7 Å². The summed E-state index contributed by atoms with van der Waals surface area (Å²) < 4.78 is 4.72. The molecule has 1 aromatic heterocycles. The van der Waals surface area contributed by atoms with E-state index in [-0.39, 0.29) is 5.91 Å². The van der Waals surface area contributed by atoms with Gasteiger partial charge in [0.15, 0.2) is 0 Å². The van der Waals surface area contributed by atoms with Crippen LogP contribution in [0.1, 0.15) is 40.1 Å². The number of rotatable bonds is 6. The van der Waals surface area contributed by atoms with E-state index in [9.17, 15) is 9.59 Å². The number of aromatic nitrogens is 1. The molecule has 0 radical (unpaired) electrons. The molecular formula is C28H26N2O3. The summed E-state index contributed by atoms with van der Waals surface area (Å²) in [4.78, 5) is 29.7. The summed E-state index contributed by atoms with van der Waals surface area (Å²) in [7, 11) is 1.34. The molecule has 1 heterocycles. The summed E-state index contributed by atoms with van der Waals surface area (Å²) in [5.74, 6) is -0.0687. The van der Waals surface area contributed by atoms with Gasteiger partial charge in [-0.15, -0.1) is 0 Å². The zero-order valence-corrected chi connectivity index (χ0v) is 19.0.